The van der Waals surface area contributed by atoms with Crippen molar-refractivity contribution in [3.63, 3.8) is 0 Å². The van der Waals surface area contributed by atoms with Gasteiger partial charge in [-0.1, -0.05) is 18.6 Å². The van der Waals surface area contributed by atoms with Gasteiger partial charge in [-0.25, -0.2) is 4.79 Å². The summed E-state index contributed by atoms with van der Waals surface area (Å²) in [6.07, 6.45) is 7.90. The second-order valence-electron chi connectivity index (χ2n) is 3.54. The molecule has 0 saturated heterocycles. The number of allylic oxidation sites excluding steroid dienone is 1. The molecule has 0 aromatic heterocycles. The molecule has 14 heavy (non-hydrogen) atoms. The Morgan fingerprint density at radius 2 is 2.36 bits per heavy atom. The molecule has 0 heterocycles. The number of carbonyl (C=O) groups is 1. The summed E-state index contributed by atoms with van der Waals surface area (Å²) in [7, 11) is 1.35. The molecule has 0 aromatic carbocycles. The molecular formula is C10H18N2O2. The summed E-state index contributed by atoms with van der Waals surface area (Å²) in [6, 6.07) is -0.103. The lowest BCUT2D eigenvalue weighted by Gasteiger charge is -2.23. The van der Waals surface area contributed by atoms with Crippen LogP contribution in [0.1, 0.15) is 25.7 Å². The third-order valence-electron chi connectivity index (χ3n) is 2.43. The number of rotatable bonds is 1. The van der Waals surface area contributed by atoms with E-state index in [1.165, 1.54) is 13.5 Å². The molecule has 4 heteroatoms. The molecule has 0 spiro atoms. The van der Waals surface area contributed by atoms with E-state index < -0.39 is 6.09 Å². The summed E-state index contributed by atoms with van der Waals surface area (Å²) < 4.78 is 4.53. The molecule has 1 rings (SSSR count). The lowest BCUT2D eigenvalue weighted by Crippen LogP contribution is -2.46. The van der Waals surface area contributed by atoms with Crippen LogP contribution in [0.4, 0.5) is 4.79 Å². The summed E-state index contributed by atoms with van der Waals surface area (Å²) in [5.74, 6) is 0. The molecule has 4 nitrogen and oxygen atoms in total. The SMILES string of the molecule is COC(=O)N[C@@H]1/C=C/CCCC[C@H]1N. The van der Waals surface area contributed by atoms with E-state index in [2.05, 4.69) is 16.1 Å². The van der Waals surface area contributed by atoms with Gasteiger partial charge < -0.3 is 15.8 Å². The van der Waals surface area contributed by atoms with E-state index in [-0.39, 0.29) is 12.1 Å². The first-order valence-electron chi connectivity index (χ1n) is 5.01. The van der Waals surface area contributed by atoms with Crippen molar-refractivity contribution in [3.8, 4) is 0 Å². The molecule has 80 valence electrons. The van der Waals surface area contributed by atoms with Crippen LogP contribution in [0.15, 0.2) is 12.2 Å². The van der Waals surface area contributed by atoms with Gasteiger partial charge in [-0.3, -0.25) is 0 Å². The van der Waals surface area contributed by atoms with Crippen LogP contribution in [0, 0.1) is 0 Å². The van der Waals surface area contributed by atoms with Gasteiger partial charge in [0.1, 0.15) is 0 Å². The van der Waals surface area contributed by atoms with Crippen LogP contribution in [-0.4, -0.2) is 25.3 Å². The highest BCUT2D eigenvalue weighted by atomic mass is 16.5. The predicted molar refractivity (Wildman–Crippen MR) is 54.9 cm³/mol. The molecule has 1 amide bonds. The Kier molecular flexibility index (Phi) is 4.46. The van der Waals surface area contributed by atoms with Crippen LogP contribution < -0.4 is 11.1 Å². The van der Waals surface area contributed by atoms with E-state index in [0.717, 1.165) is 19.3 Å². The lowest BCUT2D eigenvalue weighted by atomic mass is 9.98. The van der Waals surface area contributed by atoms with Crippen molar-refractivity contribution in [2.45, 2.75) is 37.8 Å². The van der Waals surface area contributed by atoms with Gasteiger partial charge in [-0.15, -0.1) is 0 Å². The lowest BCUT2D eigenvalue weighted by molar-refractivity contribution is 0.167. The Morgan fingerprint density at radius 1 is 1.57 bits per heavy atom. The number of hydrogen-bond acceptors (Lipinski definition) is 3. The quantitative estimate of drug-likeness (QED) is 0.621. The van der Waals surface area contributed by atoms with Gasteiger partial charge in [0.25, 0.3) is 0 Å². The first-order valence-corrected chi connectivity index (χ1v) is 5.01. The summed E-state index contributed by atoms with van der Waals surface area (Å²) >= 11 is 0. The zero-order chi connectivity index (χ0) is 10.4. The minimum absolute atomic E-state index is 0.00866. The van der Waals surface area contributed by atoms with E-state index in [0.29, 0.717) is 0 Å². The smallest absolute Gasteiger partial charge is 0.407 e. The average Bonchev–Trinajstić information content (AvgIpc) is 2.17. The maximum atomic E-state index is 11.0. The summed E-state index contributed by atoms with van der Waals surface area (Å²) in [6.45, 7) is 0. The van der Waals surface area contributed by atoms with Crippen molar-refractivity contribution in [2.75, 3.05) is 7.11 Å². The molecule has 0 unspecified atom stereocenters. The van der Waals surface area contributed by atoms with Crippen molar-refractivity contribution in [1.82, 2.24) is 5.32 Å². The number of ether oxygens (including phenoxy) is 1. The standard InChI is InChI=1S/C10H18N2O2/c1-14-10(13)12-9-7-5-3-2-4-6-8(9)11/h5,7-9H,2-4,6,11H2,1H3,(H,12,13)/b7-5+/t8-,9-/m1/s1. The topological polar surface area (TPSA) is 64.3 Å². The van der Waals surface area contributed by atoms with Crippen LogP contribution in [-0.2, 0) is 4.74 Å². The van der Waals surface area contributed by atoms with Crippen molar-refractivity contribution < 1.29 is 9.53 Å². The third kappa shape index (κ3) is 3.38. The van der Waals surface area contributed by atoms with Crippen LogP contribution in [0.5, 0.6) is 0 Å². The van der Waals surface area contributed by atoms with Gasteiger partial charge in [0.2, 0.25) is 0 Å². The average molecular weight is 198 g/mol. The fourth-order valence-electron chi connectivity index (χ4n) is 1.56. The fraction of sp³-hybridized carbons (Fsp3) is 0.700. The maximum absolute atomic E-state index is 11.0. The van der Waals surface area contributed by atoms with E-state index >= 15 is 0 Å². The van der Waals surface area contributed by atoms with Crippen LogP contribution >= 0.6 is 0 Å². The Morgan fingerprint density at radius 3 is 3.07 bits per heavy atom. The number of hydrogen-bond donors (Lipinski definition) is 2. The second kappa shape index (κ2) is 5.65. The summed E-state index contributed by atoms with van der Waals surface area (Å²) in [4.78, 5) is 11.0. The van der Waals surface area contributed by atoms with E-state index in [4.69, 9.17) is 5.73 Å². The number of nitrogens with two attached hydrogens (primary N) is 1. The van der Waals surface area contributed by atoms with Crippen LogP contribution in [0.2, 0.25) is 0 Å². The maximum Gasteiger partial charge on any atom is 0.407 e. The minimum atomic E-state index is -0.421. The number of carbonyl (C=O) groups excluding carboxylic acids is 1. The largest absolute Gasteiger partial charge is 0.453 e. The monoisotopic (exact) mass is 198 g/mol. The number of methoxy groups -OCH3 is 1. The molecular weight excluding hydrogens is 180 g/mol. The molecule has 0 saturated carbocycles. The molecule has 3 N–H and O–H groups in total. The van der Waals surface area contributed by atoms with Crippen molar-refractivity contribution in [2.24, 2.45) is 5.73 Å². The Labute approximate surface area is 84.5 Å². The zero-order valence-electron chi connectivity index (χ0n) is 8.53. The van der Waals surface area contributed by atoms with E-state index in [1.807, 2.05) is 6.08 Å². The van der Waals surface area contributed by atoms with Crippen molar-refractivity contribution in [3.05, 3.63) is 12.2 Å². The molecule has 1 aliphatic rings. The second-order valence-corrected chi connectivity index (χ2v) is 3.54. The number of nitrogens with one attached hydrogen (secondary N) is 1. The van der Waals surface area contributed by atoms with Crippen LogP contribution in [0.3, 0.4) is 0 Å². The fourth-order valence-corrected chi connectivity index (χ4v) is 1.56. The van der Waals surface area contributed by atoms with Gasteiger partial charge in [0, 0.05) is 6.04 Å². The van der Waals surface area contributed by atoms with Gasteiger partial charge in [0.15, 0.2) is 0 Å². The van der Waals surface area contributed by atoms with Crippen molar-refractivity contribution >= 4 is 6.09 Å². The van der Waals surface area contributed by atoms with Gasteiger partial charge >= 0.3 is 6.09 Å². The molecule has 0 aromatic rings. The molecule has 1 aliphatic carbocycles. The predicted octanol–water partition coefficient (Wildman–Crippen LogP) is 1.17. The van der Waals surface area contributed by atoms with Crippen LogP contribution in [0.25, 0.3) is 0 Å². The van der Waals surface area contributed by atoms with E-state index in [1.54, 1.807) is 0 Å². The Balaban J connectivity index is 2.52. The highest BCUT2D eigenvalue weighted by Gasteiger charge is 2.18. The molecule has 0 fully saturated rings. The highest BCUT2D eigenvalue weighted by Crippen LogP contribution is 2.11. The first kappa shape index (κ1) is 11.0. The molecule has 0 bridgehead atoms. The van der Waals surface area contributed by atoms with Crippen molar-refractivity contribution in [1.29, 1.82) is 0 Å². The first-order chi connectivity index (χ1) is 6.74. The molecule has 2 atom stereocenters. The minimum Gasteiger partial charge on any atom is -0.453 e. The normalized spacial score (nSPS) is 29.9. The Bertz CT molecular complexity index is 216. The third-order valence-corrected chi connectivity index (χ3v) is 2.43. The molecule has 0 aliphatic heterocycles. The summed E-state index contributed by atoms with van der Waals surface area (Å²) in [5.41, 5.74) is 5.93. The van der Waals surface area contributed by atoms with E-state index in [9.17, 15) is 4.79 Å². The Hall–Kier alpha value is -1.03. The summed E-state index contributed by atoms with van der Waals surface area (Å²) in [5, 5.41) is 2.71. The van der Waals surface area contributed by atoms with Gasteiger partial charge in [0.05, 0.1) is 13.2 Å². The highest BCUT2D eigenvalue weighted by molar-refractivity contribution is 5.67. The molecule has 0 radical (unpaired) electrons. The van der Waals surface area contributed by atoms with Gasteiger partial charge in [-0.2, -0.15) is 0 Å². The number of alkyl carbamates (subject to hydrolysis) is 1. The van der Waals surface area contributed by atoms with Gasteiger partial charge in [-0.05, 0) is 19.3 Å². The number of amides is 1. The zero-order valence-corrected chi connectivity index (χ0v) is 8.53.